The van der Waals surface area contributed by atoms with E-state index in [1.54, 1.807) is 12.1 Å². The molecule has 0 saturated carbocycles. The third-order valence-electron chi connectivity index (χ3n) is 5.40. The van der Waals surface area contributed by atoms with Gasteiger partial charge in [0.2, 0.25) is 15.9 Å². The van der Waals surface area contributed by atoms with Crippen LogP contribution in [0.3, 0.4) is 0 Å². The van der Waals surface area contributed by atoms with E-state index >= 15 is 0 Å². The zero-order valence-electron chi connectivity index (χ0n) is 18.9. The molecule has 1 saturated heterocycles. The summed E-state index contributed by atoms with van der Waals surface area (Å²) in [6.45, 7) is 5.82. The molecule has 1 heterocycles. The Bertz CT molecular complexity index is 1130. The second kappa shape index (κ2) is 10.3. The number of ether oxygens (including phenoxy) is 1. The van der Waals surface area contributed by atoms with Gasteiger partial charge < -0.3 is 10.1 Å². The number of esters is 1. The number of piperidine rings is 1. The van der Waals surface area contributed by atoms with E-state index in [-0.39, 0.29) is 28.2 Å². The fourth-order valence-electron chi connectivity index (χ4n) is 3.98. The first-order chi connectivity index (χ1) is 15.6. The highest BCUT2D eigenvalue weighted by molar-refractivity contribution is 7.89. The molecule has 2 aromatic rings. The van der Waals surface area contributed by atoms with E-state index in [1.807, 2.05) is 13.8 Å². The predicted molar refractivity (Wildman–Crippen MR) is 124 cm³/mol. The third-order valence-corrected chi connectivity index (χ3v) is 7.23. The van der Waals surface area contributed by atoms with Crippen LogP contribution in [0.2, 0.25) is 0 Å². The Balaban J connectivity index is 1.66. The van der Waals surface area contributed by atoms with Crippen LogP contribution in [0.25, 0.3) is 0 Å². The van der Waals surface area contributed by atoms with Crippen molar-refractivity contribution in [1.82, 2.24) is 4.31 Å². The van der Waals surface area contributed by atoms with Crippen LogP contribution < -0.4 is 5.32 Å². The Morgan fingerprint density at radius 1 is 1.00 bits per heavy atom. The van der Waals surface area contributed by atoms with Gasteiger partial charge in [0.1, 0.15) is 0 Å². The average molecular weight is 473 g/mol. The smallest absolute Gasteiger partial charge is 0.338 e. The Morgan fingerprint density at radius 3 is 2.24 bits per heavy atom. The predicted octanol–water partition coefficient (Wildman–Crippen LogP) is 3.35. The lowest BCUT2D eigenvalue weighted by Gasteiger charge is -2.34. The maximum absolute atomic E-state index is 13.1. The van der Waals surface area contributed by atoms with Crippen molar-refractivity contribution < 1.29 is 27.5 Å². The van der Waals surface area contributed by atoms with Crippen LogP contribution in [0.4, 0.5) is 5.69 Å². The lowest BCUT2D eigenvalue weighted by molar-refractivity contribution is -0.114. The Labute approximate surface area is 194 Å². The molecule has 1 amide bonds. The lowest BCUT2D eigenvalue weighted by atomic mass is 9.94. The summed E-state index contributed by atoms with van der Waals surface area (Å²) < 4.78 is 32.8. The van der Waals surface area contributed by atoms with Crippen LogP contribution in [0, 0.1) is 11.8 Å². The zero-order chi connectivity index (χ0) is 24.2. The van der Waals surface area contributed by atoms with E-state index in [0.29, 0.717) is 24.3 Å². The molecule has 1 N–H and O–H groups in total. The Kier molecular flexibility index (Phi) is 7.65. The van der Waals surface area contributed by atoms with Gasteiger partial charge in [0.25, 0.3) is 0 Å². The van der Waals surface area contributed by atoms with Crippen LogP contribution in [0.1, 0.15) is 47.9 Å². The largest absolute Gasteiger partial charge is 0.454 e. The van der Waals surface area contributed by atoms with Gasteiger partial charge in [-0.2, -0.15) is 4.31 Å². The monoisotopic (exact) mass is 472 g/mol. The number of Topliss-reactive ketones (excluding diaryl/α,β-unsaturated/α-hetero) is 1. The minimum atomic E-state index is -3.74. The van der Waals surface area contributed by atoms with Gasteiger partial charge in [-0.25, -0.2) is 13.2 Å². The van der Waals surface area contributed by atoms with Crippen molar-refractivity contribution in [2.45, 2.75) is 32.1 Å². The number of carbonyl (C=O) groups is 3. The highest BCUT2D eigenvalue weighted by Crippen LogP contribution is 2.27. The van der Waals surface area contributed by atoms with Gasteiger partial charge in [0, 0.05) is 31.3 Å². The Morgan fingerprint density at radius 2 is 1.64 bits per heavy atom. The molecule has 0 aromatic heterocycles. The summed E-state index contributed by atoms with van der Waals surface area (Å²) in [5.41, 5.74) is 0.927. The van der Waals surface area contributed by atoms with Crippen LogP contribution in [-0.2, 0) is 19.6 Å². The fraction of sp³-hybridized carbons (Fsp3) is 0.375. The molecule has 9 heteroatoms. The molecule has 8 nitrogen and oxygen atoms in total. The van der Waals surface area contributed by atoms with E-state index in [4.69, 9.17) is 4.74 Å². The number of nitrogens with one attached hydrogen (secondary N) is 1. The van der Waals surface area contributed by atoms with Gasteiger partial charge in [-0.1, -0.05) is 19.9 Å². The quantitative estimate of drug-likeness (QED) is 0.489. The number of sulfonamides is 1. The highest BCUT2D eigenvalue weighted by atomic mass is 32.2. The van der Waals surface area contributed by atoms with E-state index in [1.165, 1.54) is 47.6 Å². The molecule has 33 heavy (non-hydrogen) atoms. The Hall–Kier alpha value is -3.04. The summed E-state index contributed by atoms with van der Waals surface area (Å²) in [5.74, 6) is -0.907. The van der Waals surface area contributed by atoms with Crippen molar-refractivity contribution in [3.05, 3.63) is 59.7 Å². The van der Waals surface area contributed by atoms with E-state index in [9.17, 15) is 22.8 Å². The molecular weight excluding hydrogens is 444 g/mol. The van der Waals surface area contributed by atoms with Gasteiger partial charge in [-0.15, -0.1) is 0 Å². The van der Waals surface area contributed by atoms with Gasteiger partial charge in [0.05, 0.1) is 10.5 Å². The maximum Gasteiger partial charge on any atom is 0.338 e. The van der Waals surface area contributed by atoms with Crippen LogP contribution in [-0.4, -0.2) is 50.1 Å². The first kappa shape index (κ1) is 24.6. The van der Waals surface area contributed by atoms with Crippen LogP contribution >= 0.6 is 0 Å². The summed E-state index contributed by atoms with van der Waals surface area (Å²) in [6.07, 6.45) is 0.975. The van der Waals surface area contributed by atoms with Crippen molar-refractivity contribution in [2.24, 2.45) is 11.8 Å². The van der Waals surface area contributed by atoms with E-state index < -0.39 is 28.4 Å². The maximum atomic E-state index is 13.1. The number of rotatable bonds is 7. The first-order valence-electron chi connectivity index (χ1n) is 10.7. The van der Waals surface area contributed by atoms with Crippen molar-refractivity contribution in [1.29, 1.82) is 0 Å². The minimum Gasteiger partial charge on any atom is -0.454 e. The molecule has 2 atom stereocenters. The number of anilines is 1. The molecule has 2 unspecified atom stereocenters. The van der Waals surface area contributed by atoms with Crippen molar-refractivity contribution in [3.63, 3.8) is 0 Å². The van der Waals surface area contributed by atoms with E-state index in [2.05, 4.69) is 5.32 Å². The number of nitrogens with zero attached hydrogens (tertiary/aromatic N) is 1. The molecule has 0 radical (unpaired) electrons. The number of ketones is 1. The molecule has 0 aliphatic carbocycles. The van der Waals surface area contributed by atoms with Crippen molar-refractivity contribution >= 4 is 33.4 Å². The van der Waals surface area contributed by atoms with Crippen LogP contribution in [0.5, 0.6) is 0 Å². The molecule has 2 aromatic carbocycles. The molecule has 3 rings (SSSR count). The molecular formula is C24H28N2O6S. The van der Waals surface area contributed by atoms with Crippen LogP contribution in [0.15, 0.2) is 53.4 Å². The second-order valence-electron chi connectivity index (χ2n) is 8.55. The number of amides is 1. The third kappa shape index (κ3) is 6.27. The fourth-order valence-corrected chi connectivity index (χ4v) is 5.70. The minimum absolute atomic E-state index is 0.0261. The summed E-state index contributed by atoms with van der Waals surface area (Å²) in [6, 6.07) is 11.9. The SMILES string of the molecule is CC(=O)Nc1ccc(C(=O)COC(=O)c2cccc(S(=O)(=O)N3CC(C)CC(C)C3)c2)cc1. The lowest BCUT2D eigenvalue weighted by Crippen LogP contribution is -2.42. The van der Waals surface area contributed by atoms with E-state index in [0.717, 1.165) is 6.42 Å². The van der Waals surface area contributed by atoms with Gasteiger partial charge >= 0.3 is 5.97 Å². The summed E-state index contributed by atoms with van der Waals surface area (Å²) >= 11 is 0. The molecule has 0 spiro atoms. The van der Waals surface area contributed by atoms with Gasteiger partial charge in [0.15, 0.2) is 12.4 Å². The molecule has 1 fully saturated rings. The zero-order valence-corrected chi connectivity index (χ0v) is 19.7. The summed E-state index contributed by atoms with van der Waals surface area (Å²) in [5, 5.41) is 2.60. The van der Waals surface area contributed by atoms with Gasteiger partial charge in [-0.05, 0) is 60.7 Å². The number of hydrogen-bond donors (Lipinski definition) is 1. The molecule has 1 aliphatic rings. The molecule has 176 valence electrons. The number of benzene rings is 2. The van der Waals surface area contributed by atoms with Crippen molar-refractivity contribution in [3.8, 4) is 0 Å². The van der Waals surface area contributed by atoms with Crippen molar-refractivity contribution in [2.75, 3.05) is 25.0 Å². The molecule has 0 bridgehead atoms. The summed E-state index contributed by atoms with van der Waals surface area (Å²) in [4.78, 5) is 35.9. The normalized spacial score (nSPS) is 19.0. The van der Waals surface area contributed by atoms with Gasteiger partial charge in [-0.3, -0.25) is 9.59 Å². The highest BCUT2D eigenvalue weighted by Gasteiger charge is 2.32. The number of carbonyl (C=O) groups excluding carboxylic acids is 3. The number of hydrogen-bond acceptors (Lipinski definition) is 6. The first-order valence-corrected chi connectivity index (χ1v) is 12.2. The molecule has 1 aliphatic heterocycles. The average Bonchev–Trinajstić information content (AvgIpc) is 2.76. The summed E-state index contributed by atoms with van der Waals surface area (Å²) in [7, 11) is -3.74. The second-order valence-corrected chi connectivity index (χ2v) is 10.5. The topological polar surface area (TPSA) is 110 Å². The standard InChI is InChI=1S/C24H28N2O6S/c1-16-11-17(2)14-26(13-16)33(30,31)22-6-4-5-20(12-22)24(29)32-15-23(28)19-7-9-21(10-8-19)25-18(3)27/h4-10,12,16-17H,11,13-15H2,1-3H3,(H,25,27).